The van der Waals surface area contributed by atoms with Crippen LogP contribution in [0.3, 0.4) is 0 Å². The minimum atomic E-state index is 0. The first-order valence-electron chi connectivity index (χ1n) is 8.13. The van der Waals surface area contributed by atoms with Crippen LogP contribution in [-0.4, -0.2) is 57.9 Å². The lowest BCUT2D eigenvalue weighted by molar-refractivity contribution is 0.121. The quantitative estimate of drug-likeness (QED) is 0.381. The first-order valence-corrected chi connectivity index (χ1v) is 8.13. The molecule has 24 heavy (non-hydrogen) atoms. The summed E-state index contributed by atoms with van der Waals surface area (Å²) in [5.74, 6) is 1.91. The number of nitrogens with one attached hydrogen (secondary N) is 1. The Balaban J connectivity index is 0.00000288. The predicted octanol–water partition coefficient (Wildman–Crippen LogP) is 2.40. The van der Waals surface area contributed by atoms with Crippen molar-refractivity contribution in [1.82, 2.24) is 4.90 Å². The Bertz CT molecular complexity index is 488. The van der Waals surface area contributed by atoms with E-state index in [1.165, 1.54) is 12.8 Å². The van der Waals surface area contributed by atoms with E-state index in [1.54, 1.807) is 14.2 Å². The Hall–Kier alpha value is -1.06. The fourth-order valence-electron chi connectivity index (χ4n) is 2.70. The maximum atomic E-state index is 5.97. The van der Waals surface area contributed by atoms with Gasteiger partial charge in [0, 0.05) is 25.9 Å². The summed E-state index contributed by atoms with van der Waals surface area (Å²) < 4.78 is 10.3. The summed E-state index contributed by atoms with van der Waals surface area (Å²) in [6.45, 7) is 4.85. The zero-order valence-corrected chi connectivity index (χ0v) is 16.9. The zero-order valence-electron chi connectivity index (χ0n) is 14.5. The summed E-state index contributed by atoms with van der Waals surface area (Å²) >= 11 is 0. The molecule has 1 aromatic carbocycles. The number of guanidine groups is 1. The van der Waals surface area contributed by atoms with Crippen LogP contribution in [0.2, 0.25) is 0 Å². The minimum absolute atomic E-state index is 0. The first kappa shape index (κ1) is 21.0. The van der Waals surface area contributed by atoms with Gasteiger partial charge in [-0.2, -0.15) is 0 Å². The number of hydrogen-bond donors (Lipinski definition) is 2. The molecule has 1 aliphatic heterocycles. The van der Waals surface area contributed by atoms with Crippen LogP contribution in [-0.2, 0) is 4.74 Å². The minimum Gasteiger partial charge on any atom is -0.497 e. The maximum absolute atomic E-state index is 5.97. The number of hydrogen-bond acceptors (Lipinski definition) is 4. The van der Waals surface area contributed by atoms with Crippen LogP contribution in [0.1, 0.15) is 12.8 Å². The Kier molecular flexibility index (Phi) is 10.0. The smallest absolute Gasteiger partial charge is 0.193 e. The molecule has 1 heterocycles. The molecule has 7 heteroatoms. The van der Waals surface area contributed by atoms with Crippen molar-refractivity contribution in [2.75, 3.05) is 52.3 Å². The summed E-state index contributed by atoms with van der Waals surface area (Å²) in [6.07, 6.45) is 2.34. The van der Waals surface area contributed by atoms with E-state index in [0.717, 1.165) is 44.2 Å². The Morgan fingerprint density at radius 3 is 2.50 bits per heavy atom. The lowest BCUT2D eigenvalue weighted by Crippen LogP contribution is -2.37. The molecule has 0 bridgehead atoms. The van der Waals surface area contributed by atoms with E-state index in [2.05, 4.69) is 15.2 Å². The molecule has 6 nitrogen and oxygen atoms in total. The van der Waals surface area contributed by atoms with Crippen LogP contribution in [0.4, 0.5) is 5.69 Å². The number of methoxy groups -OCH3 is 2. The largest absolute Gasteiger partial charge is 0.497 e. The SMILES string of the molecule is COCCN1CCC(CN=C(N)Nc2ccc(OC)cc2)CC1.I. The molecule has 3 N–H and O–H groups in total. The average Bonchev–Trinajstić information content (AvgIpc) is 2.59. The lowest BCUT2D eigenvalue weighted by Gasteiger charge is -2.30. The number of aliphatic imine (C=N–C) groups is 1. The summed E-state index contributed by atoms with van der Waals surface area (Å²) in [6, 6.07) is 7.64. The average molecular weight is 448 g/mol. The van der Waals surface area contributed by atoms with E-state index in [9.17, 15) is 0 Å². The Labute approximate surface area is 161 Å². The first-order chi connectivity index (χ1) is 11.2. The highest BCUT2D eigenvalue weighted by Gasteiger charge is 2.18. The third-order valence-electron chi connectivity index (χ3n) is 4.20. The van der Waals surface area contributed by atoms with Gasteiger partial charge in [0.15, 0.2) is 5.96 Å². The van der Waals surface area contributed by atoms with Gasteiger partial charge in [-0.15, -0.1) is 24.0 Å². The van der Waals surface area contributed by atoms with Gasteiger partial charge in [0.2, 0.25) is 0 Å². The maximum Gasteiger partial charge on any atom is 0.193 e. The van der Waals surface area contributed by atoms with Crippen LogP contribution in [0.5, 0.6) is 5.75 Å². The van der Waals surface area contributed by atoms with Crippen LogP contribution >= 0.6 is 24.0 Å². The third kappa shape index (κ3) is 7.23. The number of ether oxygens (including phenoxy) is 2. The second-order valence-electron chi connectivity index (χ2n) is 5.86. The predicted molar refractivity (Wildman–Crippen MR) is 110 cm³/mol. The van der Waals surface area contributed by atoms with Crippen molar-refractivity contribution in [2.45, 2.75) is 12.8 Å². The Morgan fingerprint density at radius 2 is 1.92 bits per heavy atom. The molecule has 2 rings (SSSR count). The fourth-order valence-corrected chi connectivity index (χ4v) is 2.70. The van der Waals surface area contributed by atoms with Gasteiger partial charge in [0.05, 0.1) is 13.7 Å². The van der Waals surface area contributed by atoms with Crippen molar-refractivity contribution in [2.24, 2.45) is 16.6 Å². The lowest BCUT2D eigenvalue weighted by atomic mass is 9.97. The van der Waals surface area contributed by atoms with Gasteiger partial charge in [-0.3, -0.25) is 4.99 Å². The van der Waals surface area contributed by atoms with Gasteiger partial charge in [-0.05, 0) is 56.1 Å². The molecule has 136 valence electrons. The van der Waals surface area contributed by atoms with Gasteiger partial charge in [-0.1, -0.05) is 0 Å². The van der Waals surface area contributed by atoms with E-state index < -0.39 is 0 Å². The van der Waals surface area contributed by atoms with E-state index in [-0.39, 0.29) is 24.0 Å². The second kappa shape index (κ2) is 11.5. The molecule has 0 aliphatic carbocycles. The van der Waals surface area contributed by atoms with Gasteiger partial charge < -0.3 is 25.4 Å². The normalized spacial score (nSPS) is 16.5. The monoisotopic (exact) mass is 448 g/mol. The van der Waals surface area contributed by atoms with E-state index in [0.29, 0.717) is 11.9 Å². The molecule has 0 amide bonds. The van der Waals surface area contributed by atoms with Gasteiger partial charge in [0.1, 0.15) is 5.75 Å². The molecular weight excluding hydrogens is 419 g/mol. The molecular formula is C17H29IN4O2. The molecule has 0 saturated carbocycles. The number of benzene rings is 1. The van der Waals surface area contributed by atoms with Crippen molar-refractivity contribution in [3.05, 3.63) is 24.3 Å². The number of nitrogens with two attached hydrogens (primary N) is 1. The molecule has 0 unspecified atom stereocenters. The molecule has 0 aromatic heterocycles. The number of halogens is 1. The topological polar surface area (TPSA) is 72.1 Å². The van der Waals surface area contributed by atoms with Gasteiger partial charge in [0.25, 0.3) is 0 Å². The van der Waals surface area contributed by atoms with Crippen LogP contribution in [0.15, 0.2) is 29.3 Å². The highest BCUT2D eigenvalue weighted by atomic mass is 127. The van der Waals surface area contributed by atoms with Crippen LogP contribution in [0, 0.1) is 5.92 Å². The summed E-state index contributed by atoms with van der Waals surface area (Å²) in [5.41, 5.74) is 6.89. The second-order valence-corrected chi connectivity index (χ2v) is 5.86. The molecule has 1 aromatic rings. The Morgan fingerprint density at radius 1 is 1.25 bits per heavy atom. The van der Waals surface area contributed by atoms with Crippen molar-refractivity contribution in [1.29, 1.82) is 0 Å². The molecule has 0 spiro atoms. The number of likely N-dealkylation sites (tertiary alicyclic amines) is 1. The van der Waals surface area contributed by atoms with Gasteiger partial charge in [-0.25, -0.2) is 0 Å². The highest BCUT2D eigenvalue weighted by Crippen LogP contribution is 2.18. The fraction of sp³-hybridized carbons (Fsp3) is 0.588. The van der Waals surface area contributed by atoms with Crippen molar-refractivity contribution < 1.29 is 9.47 Å². The van der Waals surface area contributed by atoms with Crippen molar-refractivity contribution in [3.63, 3.8) is 0 Å². The highest BCUT2D eigenvalue weighted by molar-refractivity contribution is 14.0. The van der Waals surface area contributed by atoms with E-state index >= 15 is 0 Å². The number of nitrogens with zero attached hydrogens (tertiary/aromatic N) is 2. The van der Waals surface area contributed by atoms with Crippen molar-refractivity contribution in [3.8, 4) is 5.75 Å². The molecule has 0 radical (unpaired) electrons. The third-order valence-corrected chi connectivity index (χ3v) is 4.20. The molecule has 1 aliphatic rings. The standard InChI is InChI=1S/C17H28N4O2.HI/c1-22-12-11-21-9-7-14(8-10-21)13-19-17(18)20-15-3-5-16(23-2)6-4-15;/h3-6,14H,7-13H2,1-2H3,(H3,18,19,20);1H. The summed E-state index contributed by atoms with van der Waals surface area (Å²) in [5, 5.41) is 3.11. The molecule has 1 saturated heterocycles. The van der Waals surface area contributed by atoms with Gasteiger partial charge >= 0.3 is 0 Å². The zero-order chi connectivity index (χ0) is 16.5. The summed E-state index contributed by atoms with van der Waals surface area (Å²) in [7, 11) is 3.40. The van der Waals surface area contributed by atoms with E-state index in [1.807, 2.05) is 24.3 Å². The van der Waals surface area contributed by atoms with Crippen LogP contribution in [0.25, 0.3) is 0 Å². The molecule has 0 atom stereocenters. The summed E-state index contributed by atoms with van der Waals surface area (Å²) in [4.78, 5) is 6.93. The van der Waals surface area contributed by atoms with E-state index in [4.69, 9.17) is 15.2 Å². The number of anilines is 1. The van der Waals surface area contributed by atoms with Crippen LogP contribution < -0.4 is 15.8 Å². The van der Waals surface area contributed by atoms with Crippen molar-refractivity contribution >= 4 is 35.6 Å². The molecule has 1 fully saturated rings. The number of piperidine rings is 1. The number of rotatable bonds is 7.